The third-order valence-electron chi connectivity index (χ3n) is 6.97. The average molecular weight is 465 g/mol. The van der Waals surface area contributed by atoms with E-state index in [4.69, 9.17) is 9.84 Å². The van der Waals surface area contributed by atoms with Gasteiger partial charge in [0.1, 0.15) is 6.61 Å². The van der Waals surface area contributed by atoms with Gasteiger partial charge in [0.05, 0.1) is 6.42 Å². The van der Waals surface area contributed by atoms with Crippen LogP contribution in [0.2, 0.25) is 0 Å². The number of carbonyl (C=O) groups is 3. The number of ether oxygens (including phenoxy) is 1. The van der Waals surface area contributed by atoms with Crippen LogP contribution in [0.1, 0.15) is 56.1 Å². The summed E-state index contributed by atoms with van der Waals surface area (Å²) in [7, 11) is 0. The molecule has 0 aliphatic heterocycles. The summed E-state index contributed by atoms with van der Waals surface area (Å²) in [6.45, 7) is 2.31. The number of hydrogen-bond acceptors (Lipinski definition) is 4. The molecule has 34 heavy (non-hydrogen) atoms. The lowest BCUT2D eigenvalue weighted by molar-refractivity contribution is -0.137. The fourth-order valence-corrected chi connectivity index (χ4v) is 5.32. The van der Waals surface area contributed by atoms with Gasteiger partial charge in [-0.05, 0) is 47.9 Å². The van der Waals surface area contributed by atoms with E-state index in [2.05, 4.69) is 34.9 Å². The van der Waals surface area contributed by atoms with Gasteiger partial charge in [-0.2, -0.15) is 0 Å². The second-order valence-corrected chi connectivity index (χ2v) is 9.36. The molecule has 1 saturated carbocycles. The SMILES string of the molecule is C[C@H](CC(=O)O)NC(=O)[C@@H]1CCCC[C@@H]1CNC(=O)OCC1c2ccccc2-c2ccccc21. The molecule has 0 saturated heterocycles. The first-order valence-electron chi connectivity index (χ1n) is 12.0. The Balaban J connectivity index is 1.31. The summed E-state index contributed by atoms with van der Waals surface area (Å²) >= 11 is 0. The van der Waals surface area contributed by atoms with Gasteiger partial charge in [-0.1, -0.05) is 61.4 Å². The van der Waals surface area contributed by atoms with Gasteiger partial charge in [0.15, 0.2) is 0 Å². The van der Waals surface area contributed by atoms with E-state index in [1.807, 2.05) is 24.3 Å². The zero-order valence-electron chi connectivity index (χ0n) is 19.5. The Hall–Kier alpha value is -3.35. The van der Waals surface area contributed by atoms with Crippen molar-refractivity contribution in [3.8, 4) is 11.1 Å². The number of rotatable bonds is 8. The van der Waals surface area contributed by atoms with Crippen molar-refractivity contribution in [1.82, 2.24) is 10.6 Å². The largest absolute Gasteiger partial charge is 0.481 e. The van der Waals surface area contributed by atoms with Crippen molar-refractivity contribution >= 4 is 18.0 Å². The summed E-state index contributed by atoms with van der Waals surface area (Å²) in [5.41, 5.74) is 4.69. The second kappa shape index (κ2) is 10.7. The molecule has 2 aliphatic rings. The number of aliphatic carboxylic acids is 1. The van der Waals surface area contributed by atoms with Gasteiger partial charge in [0.2, 0.25) is 5.91 Å². The molecular formula is C27H32N2O5. The third kappa shape index (κ3) is 5.41. The van der Waals surface area contributed by atoms with Crippen LogP contribution >= 0.6 is 0 Å². The van der Waals surface area contributed by atoms with Crippen molar-refractivity contribution in [1.29, 1.82) is 0 Å². The normalized spacial score (nSPS) is 20.0. The van der Waals surface area contributed by atoms with Crippen molar-refractivity contribution in [3.63, 3.8) is 0 Å². The van der Waals surface area contributed by atoms with E-state index >= 15 is 0 Å². The molecule has 0 radical (unpaired) electrons. The summed E-state index contributed by atoms with van der Waals surface area (Å²) in [4.78, 5) is 36.2. The monoisotopic (exact) mass is 464 g/mol. The van der Waals surface area contributed by atoms with Crippen LogP contribution in [0.25, 0.3) is 11.1 Å². The number of fused-ring (bicyclic) bond motifs is 3. The number of hydrogen-bond donors (Lipinski definition) is 3. The van der Waals surface area contributed by atoms with Crippen LogP contribution in [-0.2, 0) is 14.3 Å². The first-order valence-corrected chi connectivity index (χ1v) is 12.0. The van der Waals surface area contributed by atoms with Crippen LogP contribution in [0.4, 0.5) is 4.79 Å². The molecule has 0 unspecified atom stereocenters. The lowest BCUT2D eigenvalue weighted by atomic mass is 9.78. The topological polar surface area (TPSA) is 105 Å². The van der Waals surface area contributed by atoms with E-state index in [9.17, 15) is 14.4 Å². The van der Waals surface area contributed by atoms with E-state index < -0.39 is 18.1 Å². The van der Waals surface area contributed by atoms with Crippen molar-refractivity contribution in [2.75, 3.05) is 13.2 Å². The number of carboxylic acids is 1. The van der Waals surface area contributed by atoms with Gasteiger partial charge in [-0.15, -0.1) is 0 Å². The lowest BCUT2D eigenvalue weighted by Gasteiger charge is -2.31. The van der Waals surface area contributed by atoms with Gasteiger partial charge in [-0.3, -0.25) is 9.59 Å². The standard InChI is InChI=1S/C27H32N2O5/c1-17(14-25(30)31)29-26(32)19-9-3-2-8-18(19)15-28-27(33)34-16-24-22-12-6-4-10-20(22)21-11-5-7-13-23(21)24/h4-7,10-13,17-19,24H,2-3,8-9,14-16H2,1H3,(H,28,33)(H,29,32)(H,30,31)/t17-,18-,19-/m1/s1. The van der Waals surface area contributed by atoms with E-state index in [0.717, 1.165) is 36.8 Å². The highest BCUT2D eigenvalue weighted by atomic mass is 16.5. The number of nitrogens with one attached hydrogen (secondary N) is 2. The predicted molar refractivity (Wildman–Crippen MR) is 128 cm³/mol. The van der Waals surface area contributed by atoms with Gasteiger partial charge in [0, 0.05) is 24.4 Å². The minimum atomic E-state index is -0.940. The van der Waals surface area contributed by atoms with Gasteiger partial charge >= 0.3 is 12.1 Å². The molecule has 2 aromatic rings. The smallest absolute Gasteiger partial charge is 0.407 e. The lowest BCUT2D eigenvalue weighted by Crippen LogP contribution is -2.44. The molecule has 3 N–H and O–H groups in total. The number of benzene rings is 2. The Bertz CT molecular complexity index is 1010. The molecule has 2 aliphatic carbocycles. The predicted octanol–water partition coefficient (Wildman–Crippen LogP) is 4.31. The highest BCUT2D eigenvalue weighted by molar-refractivity contribution is 5.80. The van der Waals surface area contributed by atoms with E-state index in [1.54, 1.807) is 6.92 Å². The first-order chi connectivity index (χ1) is 16.4. The molecule has 0 spiro atoms. The summed E-state index contributed by atoms with van der Waals surface area (Å²) in [6.07, 6.45) is 2.95. The minimum absolute atomic E-state index is 0.00193. The maximum atomic E-state index is 12.7. The first kappa shape index (κ1) is 23.8. The number of alkyl carbamates (subject to hydrolysis) is 1. The summed E-state index contributed by atoms with van der Waals surface area (Å²) < 4.78 is 5.62. The average Bonchev–Trinajstić information content (AvgIpc) is 3.14. The Kier molecular flexibility index (Phi) is 7.50. The maximum Gasteiger partial charge on any atom is 0.407 e. The number of amides is 2. The molecule has 3 atom stereocenters. The van der Waals surface area contributed by atoms with Gasteiger partial charge < -0.3 is 20.5 Å². The Morgan fingerprint density at radius 3 is 2.26 bits per heavy atom. The Morgan fingerprint density at radius 1 is 1.00 bits per heavy atom. The van der Waals surface area contributed by atoms with Crippen LogP contribution in [0.15, 0.2) is 48.5 Å². The molecule has 0 bridgehead atoms. The molecule has 0 aromatic heterocycles. The Labute approximate surface area is 199 Å². The highest BCUT2D eigenvalue weighted by Gasteiger charge is 2.33. The van der Waals surface area contributed by atoms with Crippen LogP contribution in [0.3, 0.4) is 0 Å². The zero-order valence-corrected chi connectivity index (χ0v) is 19.5. The highest BCUT2D eigenvalue weighted by Crippen LogP contribution is 2.44. The minimum Gasteiger partial charge on any atom is -0.481 e. The van der Waals surface area contributed by atoms with Crippen molar-refractivity contribution in [3.05, 3.63) is 59.7 Å². The van der Waals surface area contributed by atoms with Gasteiger partial charge in [0.25, 0.3) is 0 Å². The van der Waals surface area contributed by atoms with Crippen molar-refractivity contribution < 1.29 is 24.2 Å². The quantitative estimate of drug-likeness (QED) is 0.540. The van der Waals surface area contributed by atoms with E-state index in [1.165, 1.54) is 11.1 Å². The zero-order chi connectivity index (χ0) is 24.1. The van der Waals surface area contributed by atoms with Crippen molar-refractivity contribution in [2.45, 2.75) is 51.0 Å². The molecular weight excluding hydrogens is 432 g/mol. The fourth-order valence-electron chi connectivity index (χ4n) is 5.32. The molecule has 4 rings (SSSR count). The molecule has 7 nitrogen and oxygen atoms in total. The molecule has 2 aromatic carbocycles. The fraction of sp³-hybridized carbons (Fsp3) is 0.444. The molecule has 2 amide bonds. The molecule has 180 valence electrons. The molecule has 1 fully saturated rings. The van der Waals surface area contributed by atoms with Crippen LogP contribution in [-0.4, -0.2) is 42.3 Å². The molecule has 0 heterocycles. The maximum absolute atomic E-state index is 12.7. The third-order valence-corrected chi connectivity index (χ3v) is 6.97. The van der Waals surface area contributed by atoms with Crippen LogP contribution in [0.5, 0.6) is 0 Å². The molecule has 7 heteroatoms. The summed E-state index contributed by atoms with van der Waals surface area (Å²) in [5, 5.41) is 14.6. The van der Waals surface area contributed by atoms with Gasteiger partial charge in [-0.25, -0.2) is 4.79 Å². The number of carboxylic acid groups (broad SMARTS) is 1. The van der Waals surface area contributed by atoms with Crippen LogP contribution in [0, 0.1) is 11.8 Å². The van der Waals surface area contributed by atoms with Crippen molar-refractivity contribution in [2.24, 2.45) is 11.8 Å². The van der Waals surface area contributed by atoms with E-state index in [-0.39, 0.29) is 36.7 Å². The Morgan fingerprint density at radius 2 is 1.62 bits per heavy atom. The van der Waals surface area contributed by atoms with Crippen LogP contribution < -0.4 is 10.6 Å². The van der Waals surface area contributed by atoms with E-state index in [0.29, 0.717) is 6.54 Å². The summed E-state index contributed by atoms with van der Waals surface area (Å²) in [5.74, 6) is -1.30. The summed E-state index contributed by atoms with van der Waals surface area (Å²) in [6, 6.07) is 16.0. The number of carbonyl (C=O) groups excluding carboxylic acids is 2. The second-order valence-electron chi connectivity index (χ2n) is 9.36.